The van der Waals surface area contributed by atoms with E-state index in [2.05, 4.69) is 5.32 Å². The fourth-order valence-corrected chi connectivity index (χ4v) is 2.32. The SMILES string of the molecule is NC(=S)c1ccc(Nc2ccc(F)cc2I)cc1F. The van der Waals surface area contributed by atoms with Gasteiger partial charge in [0.15, 0.2) is 0 Å². The molecule has 3 N–H and O–H groups in total. The van der Waals surface area contributed by atoms with Gasteiger partial charge in [0.2, 0.25) is 0 Å². The van der Waals surface area contributed by atoms with E-state index in [1.165, 1.54) is 24.3 Å². The summed E-state index contributed by atoms with van der Waals surface area (Å²) in [7, 11) is 0. The molecule has 2 nitrogen and oxygen atoms in total. The van der Waals surface area contributed by atoms with Gasteiger partial charge < -0.3 is 11.1 Å². The Morgan fingerprint density at radius 3 is 2.47 bits per heavy atom. The second-order valence-corrected chi connectivity index (χ2v) is 5.41. The molecule has 0 saturated carbocycles. The molecule has 0 amide bonds. The molecule has 0 aliphatic heterocycles. The van der Waals surface area contributed by atoms with Crippen LogP contribution >= 0.6 is 34.8 Å². The van der Waals surface area contributed by atoms with E-state index >= 15 is 0 Å². The van der Waals surface area contributed by atoms with E-state index in [0.717, 1.165) is 0 Å². The number of nitrogens with one attached hydrogen (secondary N) is 1. The van der Waals surface area contributed by atoms with Crippen LogP contribution in [0.1, 0.15) is 5.56 Å². The van der Waals surface area contributed by atoms with Crippen molar-refractivity contribution in [3.63, 3.8) is 0 Å². The Hall–Kier alpha value is -1.28. The zero-order chi connectivity index (χ0) is 14.0. The first-order valence-electron chi connectivity index (χ1n) is 5.29. The number of rotatable bonds is 3. The summed E-state index contributed by atoms with van der Waals surface area (Å²) in [6.07, 6.45) is 0. The van der Waals surface area contributed by atoms with Crippen molar-refractivity contribution in [1.82, 2.24) is 0 Å². The molecule has 0 atom stereocenters. The van der Waals surface area contributed by atoms with Gasteiger partial charge in [-0.3, -0.25) is 0 Å². The van der Waals surface area contributed by atoms with Crippen molar-refractivity contribution >= 4 is 51.2 Å². The van der Waals surface area contributed by atoms with Crippen molar-refractivity contribution in [2.75, 3.05) is 5.32 Å². The maximum absolute atomic E-state index is 13.7. The monoisotopic (exact) mass is 390 g/mol. The predicted octanol–water partition coefficient (Wildman–Crippen LogP) is 3.95. The average Bonchev–Trinajstić information content (AvgIpc) is 2.32. The highest BCUT2D eigenvalue weighted by molar-refractivity contribution is 14.1. The first-order chi connectivity index (χ1) is 8.97. The molecule has 0 aromatic heterocycles. The Balaban J connectivity index is 2.29. The summed E-state index contributed by atoms with van der Waals surface area (Å²) in [4.78, 5) is 0.0143. The van der Waals surface area contributed by atoms with Gasteiger partial charge in [0.25, 0.3) is 0 Å². The average molecular weight is 390 g/mol. The van der Waals surface area contributed by atoms with Gasteiger partial charge in [-0.25, -0.2) is 8.78 Å². The van der Waals surface area contributed by atoms with Crippen molar-refractivity contribution in [1.29, 1.82) is 0 Å². The number of thiocarbonyl (C=S) groups is 1. The van der Waals surface area contributed by atoms with Crippen molar-refractivity contribution < 1.29 is 8.78 Å². The highest BCUT2D eigenvalue weighted by Gasteiger charge is 2.07. The van der Waals surface area contributed by atoms with Gasteiger partial charge in [-0.15, -0.1) is 0 Å². The summed E-state index contributed by atoms with van der Waals surface area (Å²) >= 11 is 6.73. The second-order valence-electron chi connectivity index (χ2n) is 3.81. The van der Waals surface area contributed by atoms with Crippen LogP contribution in [0, 0.1) is 15.2 Å². The van der Waals surface area contributed by atoms with Crippen LogP contribution in [-0.2, 0) is 0 Å². The minimum atomic E-state index is -0.491. The molecule has 6 heteroatoms. The van der Waals surface area contributed by atoms with E-state index in [4.69, 9.17) is 18.0 Å². The molecule has 0 fully saturated rings. The van der Waals surface area contributed by atoms with Crippen LogP contribution in [0.2, 0.25) is 0 Å². The quantitative estimate of drug-likeness (QED) is 0.616. The van der Waals surface area contributed by atoms with E-state index < -0.39 is 5.82 Å². The summed E-state index contributed by atoms with van der Waals surface area (Å²) < 4.78 is 27.4. The van der Waals surface area contributed by atoms with Crippen molar-refractivity contribution in [2.45, 2.75) is 0 Å². The van der Waals surface area contributed by atoms with Gasteiger partial charge in [-0.2, -0.15) is 0 Å². The number of halogens is 3. The molecule has 0 aliphatic rings. The lowest BCUT2D eigenvalue weighted by Gasteiger charge is -2.10. The van der Waals surface area contributed by atoms with Crippen molar-refractivity contribution in [2.24, 2.45) is 5.73 Å². The number of hydrogen-bond acceptors (Lipinski definition) is 2. The Morgan fingerprint density at radius 2 is 1.89 bits per heavy atom. The van der Waals surface area contributed by atoms with E-state index in [9.17, 15) is 8.78 Å². The second kappa shape index (κ2) is 5.79. The summed E-state index contributed by atoms with van der Waals surface area (Å²) in [5.74, 6) is -0.806. The fourth-order valence-electron chi connectivity index (χ4n) is 1.54. The van der Waals surface area contributed by atoms with Crippen LogP contribution in [0.5, 0.6) is 0 Å². The normalized spacial score (nSPS) is 10.3. The maximum atomic E-state index is 13.7. The summed E-state index contributed by atoms with van der Waals surface area (Å²) in [5.41, 5.74) is 6.83. The fraction of sp³-hybridized carbons (Fsp3) is 0. The first-order valence-corrected chi connectivity index (χ1v) is 6.77. The van der Waals surface area contributed by atoms with Gasteiger partial charge in [0.05, 0.1) is 5.69 Å². The summed E-state index contributed by atoms with van der Waals surface area (Å²) in [6.45, 7) is 0. The largest absolute Gasteiger partial charge is 0.389 e. The predicted molar refractivity (Wildman–Crippen MR) is 84.7 cm³/mol. The van der Waals surface area contributed by atoms with Crippen LogP contribution in [0.3, 0.4) is 0 Å². The first kappa shape index (κ1) is 14.1. The van der Waals surface area contributed by atoms with Crippen molar-refractivity contribution in [3.8, 4) is 0 Å². The van der Waals surface area contributed by atoms with Gasteiger partial charge in [-0.05, 0) is 59.0 Å². The zero-order valence-corrected chi connectivity index (χ0v) is 12.6. The van der Waals surface area contributed by atoms with Gasteiger partial charge >= 0.3 is 0 Å². The molecule has 0 unspecified atom stereocenters. The molecule has 2 aromatic rings. The molecule has 0 bridgehead atoms. The Bertz CT molecular complexity index is 647. The lowest BCUT2D eigenvalue weighted by atomic mass is 10.2. The Morgan fingerprint density at radius 1 is 1.16 bits per heavy atom. The van der Waals surface area contributed by atoms with Gasteiger partial charge in [-0.1, -0.05) is 12.2 Å². The van der Waals surface area contributed by atoms with Crippen LogP contribution in [0.15, 0.2) is 36.4 Å². The Kier molecular flexibility index (Phi) is 4.31. The number of benzene rings is 2. The molecule has 2 aromatic carbocycles. The maximum Gasteiger partial charge on any atom is 0.135 e. The topological polar surface area (TPSA) is 38.0 Å². The van der Waals surface area contributed by atoms with E-state index in [1.54, 1.807) is 12.1 Å². The Labute approximate surface area is 128 Å². The van der Waals surface area contributed by atoms with E-state index in [1.807, 2.05) is 22.6 Å². The van der Waals surface area contributed by atoms with E-state index in [0.29, 0.717) is 14.9 Å². The van der Waals surface area contributed by atoms with Crippen molar-refractivity contribution in [3.05, 3.63) is 57.2 Å². The lowest BCUT2D eigenvalue weighted by molar-refractivity contribution is 0.625. The summed E-state index contributed by atoms with van der Waals surface area (Å²) in [6, 6.07) is 8.80. The molecular weight excluding hydrogens is 381 g/mol. The molecule has 98 valence electrons. The lowest BCUT2D eigenvalue weighted by Crippen LogP contribution is -2.11. The van der Waals surface area contributed by atoms with E-state index in [-0.39, 0.29) is 16.4 Å². The number of anilines is 2. The highest BCUT2D eigenvalue weighted by Crippen LogP contribution is 2.24. The van der Waals surface area contributed by atoms with Crippen LogP contribution in [-0.4, -0.2) is 4.99 Å². The third kappa shape index (κ3) is 3.38. The number of hydrogen-bond donors (Lipinski definition) is 2. The van der Waals surface area contributed by atoms with Gasteiger partial charge in [0, 0.05) is 14.8 Å². The molecule has 0 radical (unpaired) electrons. The van der Waals surface area contributed by atoms with Crippen LogP contribution < -0.4 is 11.1 Å². The molecule has 0 saturated heterocycles. The zero-order valence-electron chi connectivity index (χ0n) is 9.58. The molecule has 19 heavy (non-hydrogen) atoms. The third-order valence-electron chi connectivity index (χ3n) is 2.44. The number of nitrogens with two attached hydrogens (primary N) is 1. The molecule has 0 aliphatic carbocycles. The molecule has 2 rings (SSSR count). The summed E-state index contributed by atoms with van der Waals surface area (Å²) in [5, 5.41) is 3.01. The third-order valence-corrected chi connectivity index (χ3v) is 3.56. The van der Waals surface area contributed by atoms with Crippen LogP contribution in [0.25, 0.3) is 0 Å². The smallest absolute Gasteiger partial charge is 0.135 e. The minimum absolute atomic E-state index is 0.0143. The van der Waals surface area contributed by atoms with Crippen LogP contribution in [0.4, 0.5) is 20.2 Å². The molecule has 0 heterocycles. The minimum Gasteiger partial charge on any atom is -0.389 e. The van der Waals surface area contributed by atoms with Gasteiger partial charge in [0.1, 0.15) is 16.6 Å². The standard InChI is InChI=1S/C13H9F2IN2S/c14-7-1-4-12(11(16)5-7)18-8-2-3-9(13(17)19)10(15)6-8/h1-6,18H,(H2,17,19). The molecular formula is C13H9F2IN2S. The highest BCUT2D eigenvalue weighted by atomic mass is 127. The molecule has 0 spiro atoms.